The smallest absolute Gasteiger partial charge is 0.305 e. The molecule has 0 aromatic carbocycles. The fourth-order valence-corrected chi connectivity index (χ4v) is 1.39. The number of nitro groups is 1. The molecule has 1 unspecified atom stereocenters. The molecule has 0 spiro atoms. The van der Waals surface area contributed by atoms with Gasteiger partial charge in [-0.3, -0.25) is 14.9 Å². The molecule has 0 saturated heterocycles. The van der Waals surface area contributed by atoms with Crippen molar-refractivity contribution in [3.05, 3.63) is 27.9 Å². The molecule has 0 saturated carbocycles. The molecule has 0 aliphatic rings. The van der Waals surface area contributed by atoms with Crippen LogP contribution in [0, 0.1) is 17.0 Å². The molecule has 2 N–H and O–H groups in total. The molecule has 1 heterocycles. The molecular weight excluding hydrogens is 226 g/mol. The summed E-state index contributed by atoms with van der Waals surface area (Å²) in [5.41, 5.74) is 0.240. The molecule has 0 radical (unpaired) electrons. The van der Waals surface area contributed by atoms with E-state index in [9.17, 15) is 14.9 Å². The van der Waals surface area contributed by atoms with Gasteiger partial charge in [-0.2, -0.15) is 0 Å². The third-order valence-electron chi connectivity index (χ3n) is 2.13. The summed E-state index contributed by atoms with van der Waals surface area (Å²) in [6.07, 6.45) is -0.0439. The maximum atomic E-state index is 10.6. The van der Waals surface area contributed by atoms with E-state index in [2.05, 4.69) is 10.3 Å². The number of carbonyl (C=O) groups is 1. The first-order valence-corrected chi connectivity index (χ1v) is 5.00. The summed E-state index contributed by atoms with van der Waals surface area (Å²) in [4.78, 5) is 24.5. The number of aryl methyl sites for hydroxylation is 1. The zero-order valence-corrected chi connectivity index (χ0v) is 9.51. The molecule has 7 heteroatoms. The van der Waals surface area contributed by atoms with Crippen molar-refractivity contribution in [2.24, 2.45) is 0 Å². The van der Waals surface area contributed by atoms with E-state index < -0.39 is 10.9 Å². The molecule has 1 rings (SSSR count). The Balaban J connectivity index is 2.77. The Morgan fingerprint density at radius 3 is 2.76 bits per heavy atom. The standard InChI is InChI=1S/C10H13N3O4/c1-6(5-10(14)15)11-9-4-3-8(13(16)17)7(2)12-9/h3-4,6H,5H2,1-2H3,(H,11,12)(H,14,15). The van der Waals surface area contributed by atoms with Gasteiger partial charge >= 0.3 is 5.97 Å². The van der Waals surface area contributed by atoms with E-state index in [4.69, 9.17) is 5.11 Å². The molecule has 0 aliphatic carbocycles. The van der Waals surface area contributed by atoms with E-state index in [1.807, 2.05) is 0 Å². The molecular formula is C10H13N3O4. The Bertz CT molecular complexity index is 447. The van der Waals surface area contributed by atoms with Crippen molar-refractivity contribution < 1.29 is 14.8 Å². The fraction of sp³-hybridized carbons (Fsp3) is 0.400. The number of aromatic nitrogens is 1. The van der Waals surface area contributed by atoms with Gasteiger partial charge in [-0.1, -0.05) is 0 Å². The maximum absolute atomic E-state index is 10.6. The lowest BCUT2D eigenvalue weighted by Crippen LogP contribution is -2.20. The number of pyridine rings is 1. The van der Waals surface area contributed by atoms with Gasteiger partial charge in [-0.25, -0.2) is 4.98 Å². The van der Waals surface area contributed by atoms with E-state index in [1.54, 1.807) is 6.92 Å². The van der Waals surface area contributed by atoms with E-state index >= 15 is 0 Å². The van der Waals surface area contributed by atoms with Crippen molar-refractivity contribution in [3.63, 3.8) is 0 Å². The lowest BCUT2D eigenvalue weighted by atomic mass is 10.2. The van der Waals surface area contributed by atoms with Gasteiger partial charge in [0.2, 0.25) is 0 Å². The maximum Gasteiger partial charge on any atom is 0.305 e. The largest absolute Gasteiger partial charge is 0.481 e. The highest BCUT2D eigenvalue weighted by Gasteiger charge is 2.13. The molecule has 0 amide bonds. The number of hydrogen-bond acceptors (Lipinski definition) is 5. The monoisotopic (exact) mass is 239 g/mol. The lowest BCUT2D eigenvalue weighted by molar-refractivity contribution is -0.385. The van der Waals surface area contributed by atoms with Crippen LogP contribution in [0.3, 0.4) is 0 Å². The van der Waals surface area contributed by atoms with Crippen molar-refractivity contribution in [1.29, 1.82) is 0 Å². The zero-order valence-electron chi connectivity index (χ0n) is 9.51. The summed E-state index contributed by atoms with van der Waals surface area (Å²) in [6, 6.07) is 2.52. The number of nitrogens with zero attached hydrogens (tertiary/aromatic N) is 2. The van der Waals surface area contributed by atoms with Gasteiger partial charge in [0.15, 0.2) is 0 Å². The second-order valence-electron chi connectivity index (χ2n) is 3.70. The molecule has 1 atom stereocenters. The summed E-state index contributed by atoms with van der Waals surface area (Å²) in [5.74, 6) is -0.481. The van der Waals surface area contributed by atoms with Crippen LogP contribution < -0.4 is 5.32 Å². The summed E-state index contributed by atoms with van der Waals surface area (Å²) in [6.45, 7) is 3.23. The summed E-state index contributed by atoms with van der Waals surface area (Å²) in [5, 5.41) is 22.0. The van der Waals surface area contributed by atoms with Crippen LogP contribution in [-0.4, -0.2) is 27.0 Å². The summed E-state index contributed by atoms with van der Waals surface area (Å²) in [7, 11) is 0. The molecule has 1 aromatic heterocycles. The van der Waals surface area contributed by atoms with Crippen LogP contribution >= 0.6 is 0 Å². The fourth-order valence-electron chi connectivity index (χ4n) is 1.39. The average molecular weight is 239 g/mol. The number of aliphatic carboxylic acids is 1. The number of rotatable bonds is 5. The highest BCUT2D eigenvalue weighted by molar-refractivity contribution is 5.68. The summed E-state index contributed by atoms with van der Waals surface area (Å²) >= 11 is 0. The van der Waals surface area contributed by atoms with Gasteiger partial charge < -0.3 is 10.4 Å². The first kappa shape index (κ1) is 12.9. The summed E-state index contributed by atoms with van der Waals surface area (Å²) < 4.78 is 0. The molecule has 92 valence electrons. The Morgan fingerprint density at radius 1 is 1.65 bits per heavy atom. The van der Waals surface area contributed by atoms with Crippen molar-refractivity contribution in [3.8, 4) is 0 Å². The number of anilines is 1. The SMILES string of the molecule is Cc1nc(NC(C)CC(=O)O)ccc1[N+](=O)[O-]. The minimum atomic E-state index is -0.913. The second-order valence-corrected chi connectivity index (χ2v) is 3.70. The van der Waals surface area contributed by atoms with Gasteiger partial charge in [0.05, 0.1) is 11.3 Å². The molecule has 17 heavy (non-hydrogen) atoms. The van der Waals surface area contributed by atoms with Crippen LogP contribution in [-0.2, 0) is 4.79 Å². The van der Waals surface area contributed by atoms with Crippen molar-refractivity contribution >= 4 is 17.5 Å². The van der Waals surface area contributed by atoms with Crippen LogP contribution in [0.2, 0.25) is 0 Å². The number of hydrogen-bond donors (Lipinski definition) is 2. The molecule has 0 fully saturated rings. The van der Waals surface area contributed by atoms with Gasteiger partial charge in [0.25, 0.3) is 5.69 Å². The van der Waals surface area contributed by atoms with Crippen LogP contribution in [0.4, 0.5) is 11.5 Å². The predicted molar refractivity (Wildman–Crippen MR) is 61.0 cm³/mol. The zero-order chi connectivity index (χ0) is 13.0. The van der Waals surface area contributed by atoms with Crippen LogP contribution in [0.25, 0.3) is 0 Å². The Kier molecular flexibility index (Phi) is 3.97. The first-order valence-electron chi connectivity index (χ1n) is 5.00. The number of nitrogens with one attached hydrogen (secondary N) is 1. The van der Waals surface area contributed by atoms with E-state index in [-0.39, 0.29) is 18.2 Å². The Labute approximate surface area is 97.6 Å². The van der Waals surface area contributed by atoms with Gasteiger partial charge in [0.1, 0.15) is 11.5 Å². The minimum Gasteiger partial charge on any atom is -0.481 e. The normalized spacial score (nSPS) is 11.9. The number of carboxylic acids is 1. The Morgan fingerprint density at radius 2 is 2.29 bits per heavy atom. The predicted octanol–water partition coefficient (Wildman–Crippen LogP) is 1.57. The van der Waals surface area contributed by atoms with Crippen LogP contribution in [0.5, 0.6) is 0 Å². The third-order valence-corrected chi connectivity index (χ3v) is 2.13. The molecule has 7 nitrogen and oxygen atoms in total. The number of carboxylic acid groups (broad SMARTS) is 1. The third kappa shape index (κ3) is 3.71. The second kappa shape index (κ2) is 5.24. The van der Waals surface area contributed by atoms with Crippen molar-refractivity contribution in [2.45, 2.75) is 26.3 Å². The first-order chi connectivity index (χ1) is 7.90. The average Bonchev–Trinajstić information content (AvgIpc) is 2.15. The van der Waals surface area contributed by atoms with E-state index in [1.165, 1.54) is 19.1 Å². The molecule has 0 aliphatic heterocycles. The van der Waals surface area contributed by atoms with Gasteiger partial charge in [-0.15, -0.1) is 0 Å². The highest BCUT2D eigenvalue weighted by Crippen LogP contribution is 2.18. The van der Waals surface area contributed by atoms with E-state index in [0.717, 1.165) is 0 Å². The molecule has 1 aromatic rings. The molecule has 0 bridgehead atoms. The quantitative estimate of drug-likeness (QED) is 0.596. The van der Waals surface area contributed by atoms with Gasteiger partial charge in [0, 0.05) is 12.1 Å². The topological polar surface area (TPSA) is 105 Å². The highest BCUT2D eigenvalue weighted by atomic mass is 16.6. The Hall–Kier alpha value is -2.18. The van der Waals surface area contributed by atoms with Crippen LogP contribution in [0.1, 0.15) is 19.0 Å². The van der Waals surface area contributed by atoms with Crippen LogP contribution in [0.15, 0.2) is 12.1 Å². The van der Waals surface area contributed by atoms with E-state index in [0.29, 0.717) is 11.5 Å². The van der Waals surface area contributed by atoms with Crippen molar-refractivity contribution in [1.82, 2.24) is 4.98 Å². The lowest BCUT2D eigenvalue weighted by Gasteiger charge is -2.12. The minimum absolute atomic E-state index is 0.0439. The van der Waals surface area contributed by atoms with Crippen molar-refractivity contribution in [2.75, 3.05) is 5.32 Å². The van der Waals surface area contributed by atoms with Gasteiger partial charge in [-0.05, 0) is 19.9 Å².